The first kappa shape index (κ1) is 32.1. The van der Waals surface area contributed by atoms with E-state index in [4.69, 9.17) is 4.74 Å². The molecule has 0 bridgehead atoms. The summed E-state index contributed by atoms with van der Waals surface area (Å²) in [6.45, 7) is 7.05. The van der Waals surface area contributed by atoms with E-state index in [0.717, 1.165) is 12.8 Å². The SMILES string of the molecule is CCCCCN(C(=O)C(CCSC)NC(=O)OC(C)(C)C)C(C(=O)NCC(=O)OC)c1cccc(O)c1. The van der Waals surface area contributed by atoms with Crippen LogP contribution >= 0.6 is 11.8 Å². The maximum Gasteiger partial charge on any atom is 0.408 e. The van der Waals surface area contributed by atoms with Gasteiger partial charge in [0.2, 0.25) is 11.8 Å². The van der Waals surface area contributed by atoms with Gasteiger partial charge in [-0.2, -0.15) is 11.8 Å². The van der Waals surface area contributed by atoms with Gasteiger partial charge < -0.3 is 30.1 Å². The molecule has 0 fully saturated rings. The Kier molecular flexibility index (Phi) is 13.9. The number of esters is 1. The standard InChI is InChI=1S/C26H41N3O7S/c1-7-8-9-14-29(24(33)20(13-15-37-6)28-25(34)36-26(2,3)4)22(18-11-10-12-19(30)16-18)23(32)27-17-21(31)35-5/h10-12,16,20,22,30H,7-9,13-15,17H2,1-6H3,(H,27,32)(H,28,34). The summed E-state index contributed by atoms with van der Waals surface area (Å²) in [5.41, 5.74) is -0.385. The fourth-order valence-corrected chi connectivity index (χ4v) is 4.01. The minimum absolute atomic E-state index is 0.0740. The van der Waals surface area contributed by atoms with Crippen LogP contribution in [0.3, 0.4) is 0 Å². The molecule has 0 heterocycles. The summed E-state index contributed by atoms with van der Waals surface area (Å²) in [5.74, 6) is -1.20. The lowest BCUT2D eigenvalue weighted by molar-refractivity contribution is -0.144. The number of alkyl carbamates (subject to hydrolysis) is 1. The number of nitrogens with one attached hydrogen (secondary N) is 2. The van der Waals surface area contributed by atoms with Gasteiger partial charge >= 0.3 is 12.1 Å². The number of aromatic hydroxyl groups is 1. The second-order valence-corrected chi connectivity index (χ2v) is 10.5. The van der Waals surface area contributed by atoms with Gasteiger partial charge in [0.05, 0.1) is 7.11 Å². The van der Waals surface area contributed by atoms with Crippen LogP contribution in [0.15, 0.2) is 24.3 Å². The smallest absolute Gasteiger partial charge is 0.408 e. The van der Waals surface area contributed by atoms with E-state index >= 15 is 0 Å². The summed E-state index contributed by atoms with van der Waals surface area (Å²) in [6, 6.07) is 3.96. The Morgan fingerprint density at radius 1 is 1.16 bits per heavy atom. The van der Waals surface area contributed by atoms with Gasteiger partial charge in [0.25, 0.3) is 0 Å². The second kappa shape index (κ2) is 16.0. The van der Waals surface area contributed by atoms with Gasteiger partial charge in [0.15, 0.2) is 0 Å². The van der Waals surface area contributed by atoms with Gasteiger partial charge in [-0.1, -0.05) is 31.9 Å². The lowest BCUT2D eigenvalue weighted by Crippen LogP contribution is -2.53. The molecule has 0 saturated heterocycles. The Morgan fingerprint density at radius 2 is 1.86 bits per heavy atom. The number of benzene rings is 1. The first-order valence-electron chi connectivity index (χ1n) is 12.4. The number of unbranched alkanes of at least 4 members (excludes halogenated alkanes) is 2. The van der Waals surface area contributed by atoms with Gasteiger partial charge in [0, 0.05) is 6.54 Å². The number of ether oxygens (including phenoxy) is 2. The molecule has 0 spiro atoms. The third-order valence-corrected chi connectivity index (χ3v) is 5.91. The number of amides is 3. The number of rotatable bonds is 14. The normalized spacial score (nSPS) is 12.7. The zero-order valence-corrected chi connectivity index (χ0v) is 23.5. The zero-order valence-electron chi connectivity index (χ0n) is 22.7. The highest BCUT2D eigenvalue weighted by Gasteiger charge is 2.36. The number of carbonyl (C=O) groups excluding carboxylic acids is 4. The lowest BCUT2D eigenvalue weighted by atomic mass is 10.0. The van der Waals surface area contributed by atoms with Gasteiger partial charge in [-0.15, -0.1) is 0 Å². The molecule has 0 radical (unpaired) electrons. The van der Waals surface area contributed by atoms with Crippen LogP contribution in [0.1, 0.15) is 65.0 Å². The topological polar surface area (TPSA) is 134 Å². The van der Waals surface area contributed by atoms with Crippen molar-refractivity contribution in [2.24, 2.45) is 0 Å². The fourth-order valence-electron chi connectivity index (χ4n) is 3.54. The highest BCUT2D eigenvalue weighted by Crippen LogP contribution is 2.26. The Hall–Kier alpha value is -2.95. The summed E-state index contributed by atoms with van der Waals surface area (Å²) in [4.78, 5) is 53.0. The van der Waals surface area contributed by atoms with Gasteiger partial charge in [-0.3, -0.25) is 14.4 Å². The van der Waals surface area contributed by atoms with Crippen molar-refractivity contribution < 1.29 is 33.8 Å². The first-order valence-corrected chi connectivity index (χ1v) is 13.7. The predicted molar refractivity (Wildman–Crippen MR) is 143 cm³/mol. The molecule has 0 aromatic heterocycles. The third kappa shape index (κ3) is 11.8. The monoisotopic (exact) mass is 539 g/mol. The van der Waals surface area contributed by atoms with Crippen molar-refractivity contribution in [1.29, 1.82) is 0 Å². The molecule has 0 aliphatic rings. The maximum atomic E-state index is 14.0. The molecule has 37 heavy (non-hydrogen) atoms. The van der Waals surface area contributed by atoms with E-state index in [1.54, 1.807) is 32.9 Å². The number of hydrogen-bond donors (Lipinski definition) is 3. The molecule has 208 valence electrons. The van der Waals surface area contributed by atoms with E-state index in [1.165, 1.54) is 35.9 Å². The van der Waals surface area contributed by atoms with Crippen molar-refractivity contribution in [2.45, 2.75) is 71.1 Å². The van der Waals surface area contributed by atoms with Crippen LogP contribution in [0.4, 0.5) is 4.79 Å². The molecule has 1 aromatic rings. The Labute approximate surface area is 223 Å². The van der Waals surface area contributed by atoms with Crippen LogP contribution in [0.5, 0.6) is 5.75 Å². The van der Waals surface area contributed by atoms with Crippen molar-refractivity contribution in [3.8, 4) is 5.75 Å². The summed E-state index contributed by atoms with van der Waals surface area (Å²) in [6.07, 6.45) is 3.80. The highest BCUT2D eigenvalue weighted by atomic mass is 32.2. The number of thioether (sulfide) groups is 1. The number of methoxy groups -OCH3 is 1. The Balaban J connectivity index is 3.44. The number of hydrogen-bond acceptors (Lipinski definition) is 8. The molecule has 2 atom stereocenters. The van der Waals surface area contributed by atoms with E-state index in [9.17, 15) is 24.3 Å². The van der Waals surface area contributed by atoms with E-state index in [-0.39, 0.29) is 18.8 Å². The van der Waals surface area contributed by atoms with Crippen LogP contribution in [0, 0.1) is 0 Å². The van der Waals surface area contributed by atoms with Crippen molar-refractivity contribution in [3.05, 3.63) is 29.8 Å². The van der Waals surface area contributed by atoms with E-state index in [0.29, 0.717) is 24.2 Å². The highest BCUT2D eigenvalue weighted by molar-refractivity contribution is 7.98. The summed E-state index contributed by atoms with van der Waals surface area (Å²) in [7, 11) is 1.21. The van der Waals surface area contributed by atoms with Crippen LogP contribution in [0.25, 0.3) is 0 Å². The van der Waals surface area contributed by atoms with Crippen molar-refractivity contribution >= 4 is 35.6 Å². The quantitative estimate of drug-likeness (QED) is 0.242. The van der Waals surface area contributed by atoms with Gasteiger partial charge in [0.1, 0.15) is 30.0 Å². The molecule has 3 amide bonds. The molecule has 1 rings (SSSR count). The van der Waals surface area contributed by atoms with Crippen molar-refractivity contribution in [3.63, 3.8) is 0 Å². The number of nitrogens with zero attached hydrogens (tertiary/aromatic N) is 1. The Morgan fingerprint density at radius 3 is 2.43 bits per heavy atom. The minimum Gasteiger partial charge on any atom is -0.508 e. The molecule has 3 N–H and O–H groups in total. The molecular weight excluding hydrogens is 498 g/mol. The minimum atomic E-state index is -1.15. The lowest BCUT2D eigenvalue weighted by Gasteiger charge is -2.34. The number of carbonyl (C=O) groups is 4. The molecule has 0 saturated carbocycles. The largest absolute Gasteiger partial charge is 0.508 e. The van der Waals surface area contributed by atoms with Gasteiger partial charge in [-0.05, 0) is 63.3 Å². The molecular formula is C26H41N3O7S. The van der Waals surface area contributed by atoms with Crippen LogP contribution in [-0.4, -0.2) is 77.7 Å². The van der Waals surface area contributed by atoms with Crippen LogP contribution in [-0.2, 0) is 23.9 Å². The fraction of sp³-hybridized carbons (Fsp3) is 0.615. The molecule has 11 heteroatoms. The summed E-state index contributed by atoms with van der Waals surface area (Å²) >= 11 is 1.52. The number of phenols is 1. The maximum absolute atomic E-state index is 14.0. The Bertz CT molecular complexity index is 904. The molecule has 0 aliphatic carbocycles. The average molecular weight is 540 g/mol. The first-order chi connectivity index (χ1) is 17.4. The van der Waals surface area contributed by atoms with E-state index < -0.39 is 41.6 Å². The van der Waals surface area contributed by atoms with Crippen molar-refractivity contribution in [2.75, 3.05) is 32.2 Å². The van der Waals surface area contributed by atoms with Crippen LogP contribution in [0.2, 0.25) is 0 Å². The van der Waals surface area contributed by atoms with E-state index in [1.807, 2.05) is 13.2 Å². The summed E-state index contributed by atoms with van der Waals surface area (Å²) < 4.78 is 9.99. The number of phenolic OH excluding ortho intramolecular Hbond substituents is 1. The zero-order chi connectivity index (χ0) is 28.0. The van der Waals surface area contributed by atoms with Gasteiger partial charge in [-0.25, -0.2) is 4.79 Å². The van der Waals surface area contributed by atoms with E-state index in [2.05, 4.69) is 15.4 Å². The molecule has 2 unspecified atom stereocenters. The predicted octanol–water partition coefficient (Wildman–Crippen LogP) is 3.39. The summed E-state index contributed by atoms with van der Waals surface area (Å²) in [5, 5.41) is 15.3. The molecule has 10 nitrogen and oxygen atoms in total. The van der Waals surface area contributed by atoms with Crippen LogP contribution < -0.4 is 10.6 Å². The molecule has 1 aromatic carbocycles. The van der Waals surface area contributed by atoms with Crippen molar-refractivity contribution in [1.82, 2.24) is 15.5 Å². The molecule has 0 aliphatic heterocycles. The average Bonchev–Trinajstić information content (AvgIpc) is 2.82. The second-order valence-electron chi connectivity index (χ2n) is 9.51. The third-order valence-electron chi connectivity index (χ3n) is 5.27.